The quantitative estimate of drug-likeness (QED) is 0.768. The first kappa shape index (κ1) is 19.1. The lowest BCUT2D eigenvalue weighted by Crippen LogP contribution is -2.48. The molecule has 0 saturated carbocycles. The Balaban J connectivity index is 1.34. The molecule has 152 valence electrons. The van der Waals surface area contributed by atoms with Gasteiger partial charge in [-0.05, 0) is 25.0 Å². The summed E-state index contributed by atoms with van der Waals surface area (Å²) >= 11 is 0. The Hall–Kier alpha value is -3.23. The van der Waals surface area contributed by atoms with Crippen LogP contribution in [0.15, 0.2) is 42.9 Å². The van der Waals surface area contributed by atoms with Gasteiger partial charge in [-0.25, -0.2) is 14.2 Å². The van der Waals surface area contributed by atoms with Gasteiger partial charge in [0.2, 0.25) is 11.8 Å². The Bertz CT molecular complexity index is 881. The van der Waals surface area contributed by atoms with Gasteiger partial charge in [-0.2, -0.15) is 0 Å². The van der Waals surface area contributed by atoms with E-state index in [1.54, 1.807) is 41.7 Å². The predicted molar refractivity (Wildman–Crippen MR) is 103 cm³/mol. The third kappa shape index (κ3) is 4.28. The van der Waals surface area contributed by atoms with Crippen LogP contribution < -0.4 is 9.64 Å². The smallest absolute Gasteiger partial charge is 0.325 e. The summed E-state index contributed by atoms with van der Waals surface area (Å²) < 4.78 is 19.8. The summed E-state index contributed by atoms with van der Waals surface area (Å²) in [6, 6.07) is 5.80. The van der Waals surface area contributed by atoms with Gasteiger partial charge in [0.1, 0.15) is 18.5 Å². The molecule has 29 heavy (non-hydrogen) atoms. The zero-order chi connectivity index (χ0) is 20.2. The fourth-order valence-electron chi connectivity index (χ4n) is 3.66. The number of anilines is 1. The fraction of sp³-hybridized carbons (Fsp3) is 0.400. The number of carbonyl (C=O) groups excluding carboxylic acids is 2. The molecule has 4 rings (SSSR count). The number of halogens is 1. The number of urea groups is 1. The molecule has 1 atom stereocenters. The van der Waals surface area contributed by atoms with Crippen LogP contribution in [0.4, 0.5) is 14.9 Å². The van der Waals surface area contributed by atoms with Crippen LogP contribution in [-0.2, 0) is 4.79 Å². The largest absolute Gasteiger partial charge is 0.471 e. The van der Waals surface area contributed by atoms with E-state index in [0.29, 0.717) is 32.1 Å². The summed E-state index contributed by atoms with van der Waals surface area (Å²) in [5, 5.41) is 0. The second-order valence-electron chi connectivity index (χ2n) is 7.07. The van der Waals surface area contributed by atoms with Gasteiger partial charge in [0, 0.05) is 32.0 Å². The number of hydrogen-bond acceptors (Lipinski definition) is 5. The van der Waals surface area contributed by atoms with E-state index < -0.39 is 5.82 Å². The van der Waals surface area contributed by atoms with Crippen molar-refractivity contribution in [3.63, 3.8) is 0 Å². The van der Waals surface area contributed by atoms with Gasteiger partial charge >= 0.3 is 6.03 Å². The minimum absolute atomic E-state index is 0.0261. The van der Waals surface area contributed by atoms with Gasteiger partial charge in [-0.3, -0.25) is 14.7 Å². The maximum absolute atomic E-state index is 14.0. The van der Waals surface area contributed by atoms with E-state index in [0.717, 1.165) is 12.8 Å². The molecule has 3 heterocycles. The molecule has 2 aliphatic heterocycles. The summed E-state index contributed by atoms with van der Waals surface area (Å²) in [4.78, 5) is 38.0. The molecule has 0 radical (unpaired) electrons. The minimum Gasteiger partial charge on any atom is -0.471 e. The molecule has 2 saturated heterocycles. The van der Waals surface area contributed by atoms with E-state index >= 15 is 0 Å². The van der Waals surface area contributed by atoms with Crippen LogP contribution in [0.5, 0.6) is 5.88 Å². The molecule has 0 spiro atoms. The average Bonchev–Trinajstić information content (AvgIpc) is 3.09. The van der Waals surface area contributed by atoms with E-state index in [2.05, 4.69) is 9.97 Å². The van der Waals surface area contributed by atoms with Gasteiger partial charge in [0.25, 0.3) is 0 Å². The topological polar surface area (TPSA) is 78.9 Å². The van der Waals surface area contributed by atoms with Crippen LogP contribution in [0.25, 0.3) is 0 Å². The summed E-state index contributed by atoms with van der Waals surface area (Å²) in [7, 11) is 0. The third-order valence-electron chi connectivity index (χ3n) is 5.12. The van der Waals surface area contributed by atoms with Crippen molar-refractivity contribution < 1.29 is 18.7 Å². The molecular weight excluding hydrogens is 377 g/mol. The Morgan fingerprint density at radius 1 is 1.21 bits per heavy atom. The first-order valence-corrected chi connectivity index (χ1v) is 9.63. The summed E-state index contributed by atoms with van der Waals surface area (Å²) in [6.07, 6.45) is 6.15. The number of piperidine rings is 1. The second-order valence-corrected chi connectivity index (χ2v) is 7.07. The molecule has 1 aromatic carbocycles. The lowest BCUT2D eigenvalue weighted by atomic mass is 10.1. The van der Waals surface area contributed by atoms with E-state index in [1.807, 2.05) is 0 Å². The summed E-state index contributed by atoms with van der Waals surface area (Å²) in [5.74, 6) is -0.155. The van der Waals surface area contributed by atoms with Gasteiger partial charge in [-0.1, -0.05) is 12.1 Å². The molecule has 2 aliphatic rings. The zero-order valence-electron chi connectivity index (χ0n) is 15.9. The zero-order valence-corrected chi connectivity index (χ0v) is 15.9. The molecule has 2 aromatic rings. The number of amides is 3. The van der Waals surface area contributed by atoms with Crippen molar-refractivity contribution in [3.05, 3.63) is 48.7 Å². The number of carbonyl (C=O) groups is 2. The van der Waals surface area contributed by atoms with Crippen molar-refractivity contribution in [1.82, 2.24) is 19.8 Å². The van der Waals surface area contributed by atoms with Crippen LogP contribution in [0.3, 0.4) is 0 Å². The molecule has 8 nitrogen and oxygen atoms in total. The molecule has 1 aromatic heterocycles. The van der Waals surface area contributed by atoms with Crippen molar-refractivity contribution in [2.45, 2.75) is 18.9 Å². The molecule has 0 unspecified atom stereocenters. The molecule has 2 fully saturated rings. The van der Waals surface area contributed by atoms with Crippen molar-refractivity contribution >= 4 is 17.6 Å². The first-order chi connectivity index (χ1) is 14.1. The van der Waals surface area contributed by atoms with Gasteiger partial charge in [0.05, 0.1) is 18.4 Å². The number of nitrogens with zero attached hydrogens (tertiary/aromatic N) is 5. The first-order valence-electron chi connectivity index (χ1n) is 9.63. The Morgan fingerprint density at radius 3 is 2.86 bits per heavy atom. The number of hydrogen-bond donors (Lipinski definition) is 0. The Morgan fingerprint density at radius 2 is 2.07 bits per heavy atom. The number of rotatable bonds is 5. The van der Waals surface area contributed by atoms with Crippen molar-refractivity contribution in [3.8, 4) is 5.88 Å². The Kier molecular flexibility index (Phi) is 5.55. The van der Waals surface area contributed by atoms with Crippen LogP contribution in [0.2, 0.25) is 0 Å². The lowest BCUT2D eigenvalue weighted by Gasteiger charge is -2.33. The maximum atomic E-state index is 14.0. The van der Waals surface area contributed by atoms with Gasteiger partial charge < -0.3 is 14.5 Å². The van der Waals surface area contributed by atoms with Crippen molar-refractivity contribution in [1.29, 1.82) is 0 Å². The van der Waals surface area contributed by atoms with Crippen LogP contribution in [0, 0.1) is 5.82 Å². The van der Waals surface area contributed by atoms with Gasteiger partial charge in [-0.15, -0.1) is 0 Å². The third-order valence-corrected chi connectivity index (χ3v) is 5.12. The number of ether oxygens (including phenoxy) is 1. The molecule has 0 bridgehead atoms. The molecule has 0 N–H and O–H groups in total. The van der Waals surface area contributed by atoms with Gasteiger partial charge in [0.15, 0.2) is 0 Å². The number of benzene rings is 1. The van der Waals surface area contributed by atoms with E-state index in [9.17, 15) is 14.0 Å². The van der Waals surface area contributed by atoms with E-state index in [-0.39, 0.29) is 30.3 Å². The van der Waals surface area contributed by atoms with Crippen LogP contribution in [0.1, 0.15) is 12.8 Å². The van der Waals surface area contributed by atoms with Crippen LogP contribution >= 0.6 is 0 Å². The maximum Gasteiger partial charge on any atom is 0.325 e. The predicted octanol–water partition coefficient (Wildman–Crippen LogP) is 1.93. The highest BCUT2D eigenvalue weighted by Crippen LogP contribution is 2.23. The lowest BCUT2D eigenvalue weighted by molar-refractivity contribution is -0.134. The SMILES string of the molecule is O=C(CN1CCN(c2ccccc2F)C1=O)N1CCC[C@@H](Oc2cnccn2)C1. The van der Waals surface area contributed by atoms with Crippen molar-refractivity contribution in [2.24, 2.45) is 0 Å². The monoisotopic (exact) mass is 399 g/mol. The number of para-hydroxylation sites is 1. The molecule has 3 amide bonds. The molecule has 9 heteroatoms. The number of aromatic nitrogens is 2. The molecular formula is C20H22FN5O3. The van der Waals surface area contributed by atoms with E-state index in [4.69, 9.17) is 4.74 Å². The normalized spacial score (nSPS) is 19.6. The highest BCUT2D eigenvalue weighted by molar-refractivity contribution is 5.96. The fourth-order valence-corrected chi connectivity index (χ4v) is 3.66. The number of likely N-dealkylation sites (tertiary alicyclic amines) is 1. The Labute approximate surface area is 167 Å². The molecule has 0 aliphatic carbocycles. The van der Waals surface area contributed by atoms with E-state index in [1.165, 1.54) is 15.9 Å². The highest BCUT2D eigenvalue weighted by Gasteiger charge is 2.34. The van der Waals surface area contributed by atoms with Crippen molar-refractivity contribution in [2.75, 3.05) is 37.6 Å². The highest BCUT2D eigenvalue weighted by atomic mass is 19.1. The minimum atomic E-state index is -0.450. The second kappa shape index (κ2) is 8.42. The average molecular weight is 399 g/mol. The van der Waals surface area contributed by atoms with Crippen LogP contribution in [-0.4, -0.2) is 70.5 Å². The standard InChI is InChI=1S/C20H22FN5O3/c21-16-5-1-2-6-17(16)26-11-10-25(20(26)28)14-19(27)24-9-3-4-15(13-24)29-18-12-22-7-8-23-18/h1-2,5-8,12,15H,3-4,9-11,13-14H2/t15-/m1/s1. The summed E-state index contributed by atoms with van der Waals surface area (Å²) in [5.41, 5.74) is 0.239. The summed E-state index contributed by atoms with van der Waals surface area (Å²) in [6.45, 7) is 1.77.